The van der Waals surface area contributed by atoms with Gasteiger partial charge in [-0.1, -0.05) is 0 Å². The van der Waals surface area contributed by atoms with E-state index in [4.69, 9.17) is 0 Å². The highest BCUT2D eigenvalue weighted by Crippen LogP contribution is 2.03. The van der Waals surface area contributed by atoms with Crippen LogP contribution in [0, 0.1) is 0 Å². The topological polar surface area (TPSA) is 78.9 Å². The Morgan fingerprint density at radius 3 is 2.33 bits per heavy atom. The summed E-state index contributed by atoms with van der Waals surface area (Å²) in [6, 6.07) is 0. The van der Waals surface area contributed by atoms with Crippen molar-refractivity contribution >= 4 is 25.5 Å². The normalized spacial score (nSPS) is 16.2. The lowest BCUT2D eigenvalue weighted by molar-refractivity contribution is -0.150. The van der Waals surface area contributed by atoms with Gasteiger partial charge in [-0.05, 0) is 0 Å². The standard InChI is InChI=1S/C5H3BO6/c7-2-1-3-10-6-11-4(8)5(9)12-6/h1-3H/b3-1-. The summed E-state index contributed by atoms with van der Waals surface area (Å²) in [5.74, 6) is -2.22. The van der Waals surface area contributed by atoms with Gasteiger partial charge < -0.3 is 14.0 Å². The van der Waals surface area contributed by atoms with Crippen LogP contribution in [0.15, 0.2) is 12.3 Å². The summed E-state index contributed by atoms with van der Waals surface area (Å²) < 4.78 is 12.9. The largest absolute Gasteiger partial charge is 0.868 e. The van der Waals surface area contributed by atoms with Crippen LogP contribution >= 0.6 is 0 Å². The monoisotopic (exact) mass is 170 g/mol. The minimum Gasteiger partial charge on any atom is -0.496 e. The van der Waals surface area contributed by atoms with Gasteiger partial charge in [0.15, 0.2) is 0 Å². The molecule has 1 aliphatic heterocycles. The van der Waals surface area contributed by atoms with Gasteiger partial charge in [-0.15, -0.1) is 0 Å². The van der Waals surface area contributed by atoms with E-state index in [-0.39, 0.29) is 0 Å². The Hall–Kier alpha value is -1.79. The molecule has 0 aromatic heterocycles. The van der Waals surface area contributed by atoms with E-state index < -0.39 is 19.3 Å². The number of hydrogen-bond donors (Lipinski definition) is 0. The third kappa shape index (κ3) is 1.85. The highest BCUT2D eigenvalue weighted by Gasteiger charge is 2.44. The quantitative estimate of drug-likeness (QED) is 0.174. The molecule has 0 radical (unpaired) electrons. The third-order valence-electron chi connectivity index (χ3n) is 0.920. The Morgan fingerprint density at radius 1 is 1.25 bits per heavy atom. The van der Waals surface area contributed by atoms with Crippen LogP contribution in [0.5, 0.6) is 0 Å². The van der Waals surface area contributed by atoms with E-state index >= 15 is 0 Å². The minimum atomic E-state index is -1.37. The highest BCUT2D eigenvalue weighted by molar-refractivity contribution is 6.55. The maximum atomic E-state index is 10.3. The second-order valence-electron chi connectivity index (χ2n) is 1.70. The molecule has 0 N–H and O–H groups in total. The van der Waals surface area contributed by atoms with Crippen LogP contribution in [-0.2, 0) is 28.3 Å². The fourth-order valence-corrected chi connectivity index (χ4v) is 0.492. The van der Waals surface area contributed by atoms with Crippen molar-refractivity contribution in [1.82, 2.24) is 0 Å². The molecule has 0 amide bonds. The van der Waals surface area contributed by atoms with Crippen LogP contribution in [0.25, 0.3) is 0 Å². The molecule has 0 spiro atoms. The van der Waals surface area contributed by atoms with Crippen LogP contribution in [0.4, 0.5) is 0 Å². The van der Waals surface area contributed by atoms with E-state index in [9.17, 15) is 14.4 Å². The molecular formula is C5H3BO6. The molecule has 0 unspecified atom stereocenters. The Kier molecular flexibility index (Phi) is 2.47. The van der Waals surface area contributed by atoms with E-state index in [2.05, 4.69) is 14.0 Å². The second kappa shape index (κ2) is 3.56. The maximum Gasteiger partial charge on any atom is 0.868 e. The highest BCUT2D eigenvalue weighted by atomic mass is 16.8. The third-order valence-corrected chi connectivity index (χ3v) is 0.920. The lowest BCUT2D eigenvalue weighted by atomic mass is 10.2. The van der Waals surface area contributed by atoms with Crippen LogP contribution in [0.3, 0.4) is 0 Å². The molecule has 0 aromatic carbocycles. The zero-order chi connectivity index (χ0) is 8.97. The molecule has 62 valence electrons. The van der Waals surface area contributed by atoms with Crippen molar-refractivity contribution in [2.45, 2.75) is 0 Å². The second-order valence-corrected chi connectivity index (χ2v) is 1.70. The van der Waals surface area contributed by atoms with Gasteiger partial charge >= 0.3 is 19.3 Å². The van der Waals surface area contributed by atoms with Crippen molar-refractivity contribution < 1.29 is 28.3 Å². The number of carbonyl (C=O) groups is 3. The summed E-state index contributed by atoms with van der Waals surface area (Å²) >= 11 is 0. The van der Waals surface area contributed by atoms with Crippen molar-refractivity contribution in [1.29, 1.82) is 0 Å². The Balaban J connectivity index is 2.37. The fraction of sp³-hybridized carbons (Fsp3) is 0. The Morgan fingerprint density at radius 2 is 1.83 bits per heavy atom. The smallest absolute Gasteiger partial charge is 0.496 e. The van der Waals surface area contributed by atoms with E-state index in [1.54, 1.807) is 0 Å². The van der Waals surface area contributed by atoms with Gasteiger partial charge in [0.2, 0.25) is 0 Å². The lowest BCUT2D eigenvalue weighted by Gasteiger charge is -1.96. The van der Waals surface area contributed by atoms with Gasteiger partial charge in [-0.2, -0.15) is 0 Å². The fourth-order valence-electron chi connectivity index (χ4n) is 0.492. The zero-order valence-corrected chi connectivity index (χ0v) is 5.76. The van der Waals surface area contributed by atoms with Crippen molar-refractivity contribution in [2.24, 2.45) is 0 Å². The first-order valence-electron chi connectivity index (χ1n) is 2.91. The molecular weight excluding hydrogens is 167 g/mol. The van der Waals surface area contributed by atoms with Crippen LogP contribution in [-0.4, -0.2) is 25.5 Å². The van der Waals surface area contributed by atoms with Gasteiger partial charge in [0, 0.05) is 6.08 Å². The molecule has 0 saturated carbocycles. The average Bonchev–Trinajstić information content (AvgIpc) is 2.32. The first-order chi connectivity index (χ1) is 5.74. The number of rotatable bonds is 3. The maximum absolute atomic E-state index is 10.3. The number of hydrogen-bond acceptors (Lipinski definition) is 6. The molecule has 12 heavy (non-hydrogen) atoms. The zero-order valence-electron chi connectivity index (χ0n) is 5.76. The van der Waals surface area contributed by atoms with Crippen LogP contribution < -0.4 is 0 Å². The molecule has 0 aromatic rings. The van der Waals surface area contributed by atoms with E-state index in [0.29, 0.717) is 6.29 Å². The first kappa shape index (κ1) is 8.31. The molecule has 0 bridgehead atoms. The molecule has 1 saturated heterocycles. The number of aldehydes is 1. The summed E-state index contributed by atoms with van der Waals surface area (Å²) in [5.41, 5.74) is 0. The van der Waals surface area contributed by atoms with Crippen molar-refractivity contribution in [2.75, 3.05) is 0 Å². The van der Waals surface area contributed by atoms with Gasteiger partial charge in [0.05, 0.1) is 6.26 Å². The molecule has 0 aliphatic carbocycles. The van der Waals surface area contributed by atoms with E-state index in [0.717, 1.165) is 12.3 Å². The molecule has 0 atom stereocenters. The van der Waals surface area contributed by atoms with Crippen molar-refractivity contribution in [3.8, 4) is 0 Å². The van der Waals surface area contributed by atoms with Gasteiger partial charge in [-0.25, -0.2) is 9.59 Å². The molecule has 1 aliphatic rings. The predicted molar refractivity (Wildman–Crippen MR) is 34.2 cm³/mol. The lowest BCUT2D eigenvalue weighted by Crippen LogP contribution is -2.17. The predicted octanol–water partition coefficient (Wildman–Crippen LogP) is -1.20. The van der Waals surface area contributed by atoms with Crippen molar-refractivity contribution in [3.05, 3.63) is 12.3 Å². The summed E-state index contributed by atoms with van der Waals surface area (Å²) in [4.78, 5) is 30.4. The summed E-state index contributed by atoms with van der Waals surface area (Å²) in [6.07, 6.45) is 2.42. The van der Waals surface area contributed by atoms with E-state index in [1.165, 1.54) is 0 Å². The first-order valence-corrected chi connectivity index (χ1v) is 2.91. The Labute approximate surface area is 67.3 Å². The summed E-state index contributed by atoms with van der Waals surface area (Å²) in [5, 5.41) is 0. The summed E-state index contributed by atoms with van der Waals surface area (Å²) in [7, 11) is -1.37. The number of carbonyl (C=O) groups excluding carboxylic acids is 3. The minimum absolute atomic E-state index is 0.457. The molecule has 1 fully saturated rings. The van der Waals surface area contributed by atoms with Gasteiger partial charge in [0.25, 0.3) is 0 Å². The number of allylic oxidation sites excluding steroid dienone is 1. The van der Waals surface area contributed by atoms with E-state index in [1.807, 2.05) is 0 Å². The molecule has 7 heteroatoms. The molecule has 6 nitrogen and oxygen atoms in total. The SMILES string of the molecule is O=C/C=C\OB1OC(=O)C(=O)O1. The molecule has 1 rings (SSSR count). The molecule has 1 heterocycles. The summed E-state index contributed by atoms with van der Waals surface area (Å²) in [6.45, 7) is 0. The van der Waals surface area contributed by atoms with Crippen LogP contribution in [0.1, 0.15) is 0 Å². The average molecular weight is 170 g/mol. The van der Waals surface area contributed by atoms with Gasteiger partial charge in [-0.3, -0.25) is 4.79 Å². The Bertz CT molecular complexity index is 230. The van der Waals surface area contributed by atoms with Crippen molar-refractivity contribution in [3.63, 3.8) is 0 Å². The van der Waals surface area contributed by atoms with Crippen LogP contribution in [0.2, 0.25) is 0 Å². The van der Waals surface area contributed by atoms with Gasteiger partial charge in [0.1, 0.15) is 6.29 Å².